The number of nitrogens with one attached hydrogen (secondary N) is 1. The van der Waals surface area contributed by atoms with Gasteiger partial charge in [0.1, 0.15) is 0 Å². The minimum absolute atomic E-state index is 0.0783. The van der Waals surface area contributed by atoms with E-state index in [9.17, 15) is 53.1 Å². The van der Waals surface area contributed by atoms with Gasteiger partial charge in [0, 0.05) is 6.04 Å². The summed E-state index contributed by atoms with van der Waals surface area (Å²) in [6.45, 7) is 1.09. The second-order valence-corrected chi connectivity index (χ2v) is 8.13. The maximum atomic E-state index is 14.7. The fourth-order valence-electron chi connectivity index (χ4n) is 4.83. The molecule has 3 rings (SSSR count). The van der Waals surface area contributed by atoms with Crippen LogP contribution in [0.15, 0.2) is 0 Å². The minimum atomic E-state index is -7.32. The summed E-state index contributed by atoms with van der Waals surface area (Å²) in [4.78, 5) is 12.0. The standard InChI is InChI=1S/C16H16F11NO/c1-6(9-5-7-2-3-8(9)4-7)28-10(29)11(17)12(18,19)14(22,23)16(26,27)15(24,25)13(11,20)21/h6-9H,2-5H2,1H3,(H,28,29). The number of carbonyl (C=O) groups excluding carboxylic acids is 1. The fourth-order valence-corrected chi connectivity index (χ4v) is 4.83. The molecule has 13 heteroatoms. The molecule has 29 heavy (non-hydrogen) atoms. The van der Waals surface area contributed by atoms with Gasteiger partial charge in [0.15, 0.2) is 0 Å². The second-order valence-electron chi connectivity index (χ2n) is 8.13. The third-order valence-electron chi connectivity index (χ3n) is 6.55. The molecule has 3 fully saturated rings. The summed E-state index contributed by atoms with van der Waals surface area (Å²) in [5.41, 5.74) is -6.61. The maximum absolute atomic E-state index is 14.7. The second kappa shape index (κ2) is 5.89. The zero-order valence-corrected chi connectivity index (χ0v) is 14.7. The maximum Gasteiger partial charge on any atom is 0.384 e. The quantitative estimate of drug-likeness (QED) is 0.618. The molecule has 0 heterocycles. The van der Waals surface area contributed by atoms with Gasteiger partial charge in [0.25, 0.3) is 5.91 Å². The van der Waals surface area contributed by atoms with Gasteiger partial charge in [-0.15, -0.1) is 0 Å². The van der Waals surface area contributed by atoms with Crippen LogP contribution in [0.5, 0.6) is 0 Å². The van der Waals surface area contributed by atoms with E-state index in [4.69, 9.17) is 0 Å². The molecule has 0 radical (unpaired) electrons. The fraction of sp³-hybridized carbons (Fsp3) is 0.938. The van der Waals surface area contributed by atoms with Crippen molar-refractivity contribution in [2.24, 2.45) is 17.8 Å². The number of hydrogen-bond donors (Lipinski definition) is 1. The van der Waals surface area contributed by atoms with E-state index in [1.807, 2.05) is 0 Å². The van der Waals surface area contributed by atoms with E-state index in [1.165, 1.54) is 5.32 Å². The minimum Gasteiger partial charge on any atom is -0.350 e. The van der Waals surface area contributed by atoms with E-state index in [-0.39, 0.29) is 11.8 Å². The van der Waals surface area contributed by atoms with Gasteiger partial charge >= 0.3 is 35.3 Å². The van der Waals surface area contributed by atoms with Gasteiger partial charge < -0.3 is 5.32 Å². The van der Waals surface area contributed by atoms with Crippen molar-refractivity contribution in [1.29, 1.82) is 0 Å². The Labute approximate surface area is 157 Å². The Morgan fingerprint density at radius 2 is 1.21 bits per heavy atom. The lowest BCUT2D eigenvalue weighted by Crippen LogP contribution is -2.86. The van der Waals surface area contributed by atoms with Crippen molar-refractivity contribution in [3.63, 3.8) is 0 Å². The van der Waals surface area contributed by atoms with E-state index >= 15 is 0 Å². The van der Waals surface area contributed by atoms with Crippen molar-refractivity contribution < 1.29 is 53.1 Å². The van der Waals surface area contributed by atoms with Crippen molar-refractivity contribution in [3.05, 3.63) is 0 Å². The highest BCUT2D eigenvalue weighted by Crippen LogP contribution is 2.69. The lowest BCUT2D eigenvalue weighted by atomic mass is 9.71. The zero-order chi connectivity index (χ0) is 22.4. The van der Waals surface area contributed by atoms with Crippen LogP contribution >= 0.6 is 0 Å². The summed E-state index contributed by atoms with van der Waals surface area (Å²) < 4.78 is 151. The molecule has 4 unspecified atom stereocenters. The Bertz CT molecular complexity index is 677. The first-order valence-corrected chi connectivity index (χ1v) is 8.77. The molecule has 4 atom stereocenters. The predicted molar refractivity (Wildman–Crippen MR) is 75.1 cm³/mol. The van der Waals surface area contributed by atoms with E-state index in [0.717, 1.165) is 13.3 Å². The van der Waals surface area contributed by atoms with Crippen molar-refractivity contribution in [2.45, 2.75) is 73.9 Å². The average Bonchev–Trinajstić information content (AvgIpc) is 3.22. The van der Waals surface area contributed by atoms with Crippen LogP contribution in [0.2, 0.25) is 0 Å². The molecule has 0 spiro atoms. The molecule has 0 saturated heterocycles. The predicted octanol–water partition coefficient (Wildman–Crippen LogP) is 4.83. The van der Waals surface area contributed by atoms with Gasteiger partial charge in [0.05, 0.1) is 0 Å². The number of rotatable bonds is 3. The van der Waals surface area contributed by atoms with Crippen LogP contribution in [0.1, 0.15) is 32.6 Å². The summed E-state index contributed by atoms with van der Waals surface area (Å²) in [6.07, 6.45) is 2.53. The lowest BCUT2D eigenvalue weighted by molar-refractivity contribution is -0.476. The number of amides is 1. The van der Waals surface area contributed by atoms with E-state index in [0.29, 0.717) is 19.3 Å². The number of carbonyl (C=O) groups is 1. The molecule has 0 aromatic heterocycles. The van der Waals surface area contributed by atoms with Crippen molar-refractivity contribution in [2.75, 3.05) is 0 Å². The zero-order valence-electron chi connectivity index (χ0n) is 14.7. The normalized spacial score (nSPS) is 38.4. The molecule has 0 aromatic carbocycles. The van der Waals surface area contributed by atoms with Gasteiger partial charge in [-0.2, -0.15) is 43.9 Å². The van der Waals surface area contributed by atoms with Crippen molar-refractivity contribution in [3.8, 4) is 0 Å². The molecular weight excluding hydrogens is 431 g/mol. The van der Waals surface area contributed by atoms with Crippen LogP contribution in [0, 0.1) is 17.8 Å². The molecule has 1 amide bonds. The van der Waals surface area contributed by atoms with Crippen molar-refractivity contribution in [1.82, 2.24) is 5.32 Å². The lowest BCUT2D eigenvalue weighted by Gasteiger charge is -2.51. The summed E-state index contributed by atoms with van der Waals surface area (Å²) >= 11 is 0. The molecule has 2 bridgehead atoms. The Morgan fingerprint density at radius 1 is 0.759 bits per heavy atom. The molecule has 2 nitrogen and oxygen atoms in total. The molecule has 168 valence electrons. The summed E-state index contributed by atoms with van der Waals surface area (Å²) in [7, 11) is 0. The van der Waals surface area contributed by atoms with Crippen LogP contribution in [0.4, 0.5) is 48.3 Å². The molecule has 3 saturated carbocycles. The Kier molecular flexibility index (Phi) is 4.55. The molecule has 1 N–H and O–H groups in total. The van der Waals surface area contributed by atoms with E-state index < -0.39 is 53.1 Å². The SMILES string of the molecule is CC(NC(=O)C1(F)C(F)(F)C(F)(F)C(F)(F)C(F)(F)C1(F)F)C1CC2CCC1C2. The van der Waals surface area contributed by atoms with Crippen LogP contribution in [0.3, 0.4) is 0 Å². The molecule has 0 aromatic rings. The van der Waals surface area contributed by atoms with Crippen LogP contribution in [-0.2, 0) is 4.79 Å². The summed E-state index contributed by atoms with van der Waals surface area (Å²) in [5.74, 6) is -39.7. The van der Waals surface area contributed by atoms with Gasteiger partial charge in [-0.1, -0.05) is 6.42 Å². The largest absolute Gasteiger partial charge is 0.384 e. The van der Waals surface area contributed by atoms with Gasteiger partial charge in [0.2, 0.25) is 0 Å². The first kappa shape index (κ1) is 22.4. The smallest absolute Gasteiger partial charge is 0.350 e. The molecule has 0 aliphatic heterocycles. The highest BCUT2D eigenvalue weighted by atomic mass is 19.4. The highest BCUT2D eigenvalue weighted by Gasteiger charge is 3.02. The topological polar surface area (TPSA) is 29.1 Å². The third kappa shape index (κ3) is 2.33. The number of hydrogen-bond acceptors (Lipinski definition) is 1. The molecule has 3 aliphatic carbocycles. The number of alkyl halides is 11. The Hall–Kier alpha value is -1.30. The van der Waals surface area contributed by atoms with E-state index in [2.05, 4.69) is 0 Å². The van der Waals surface area contributed by atoms with Crippen molar-refractivity contribution >= 4 is 5.91 Å². The van der Waals surface area contributed by atoms with Gasteiger partial charge in [-0.3, -0.25) is 4.79 Å². The summed E-state index contributed by atoms with van der Waals surface area (Å²) in [6, 6.07) is -1.30. The first-order chi connectivity index (χ1) is 12.9. The van der Waals surface area contributed by atoms with Crippen LogP contribution < -0.4 is 5.32 Å². The number of fused-ring (bicyclic) bond motifs is 2. The highest BCUT2D eigenvalue weighted by molar-refractivity contribution is 5.89. The van der Waals surface area contributed by atoms with Crippen LogP contribution in [-0.4, -0.2) is 47.2 Å². The molecular formula is C16H16F11NO. The summed E-state index contributed by atoms with van der Waals surface area (Å²) in [5, 5.41) is 1.35. The Balaban J connectivity index is 1.99. The monoisotopic (exact) mass is 447 g/mol. The average molecular weight is 447 g/mol. The van der Waals surface area contributed by atoms with Crippen LogP contribution in [0.25, 0.3) is 0 Å². The number of halogens is 11. The van der Waals surface area contributed by atoms with Gasteiger partial charge in [-0.05, 0) is 43.9 Å². The Morgan fingerprint density at radius 3 is 1.59 bits per heavy atom. The molecule has 3 aliphatic rings. The van der Waals surface area contributed by atoms with E-state index in [1.54, 1.807) is 0 Å². The third-order valence-corrected chi connectivity index (χ3v) is 6.55. The first-order valence-electron chi connectivity index (χ1n) is 8.77. The van der Waals surface area contributed by atoms with Gasteiger partial charge in [-0.25, -0.2) is 4.39 Å².